The Morgan fingerprint density at radius 1 is 0.935 bits per heavy atom. The summed E-state index contributed by atoms with van der Waals surface area (Å²) < 4.78 is 10.7. The van der Waals surface area contributed by atoms with Gasteiger partial charge >= 0.3 is 0 Å². The minimum Gasteiger partial charge on any atom is -0.495 e. The molecule has 3 aromatic carbocycles. The third-order valence-electron chi connectivity index (χ3n) is 4.28. The average Bonchev–Trinajstić information content (AvgIpc) is 2.79. The Morgan fingerprint density at radius 2 is 1.68 bits per heavy atom. The summed E-state index contributed by atoms with van der Waals surface area (Å²) in [6.07, 6.45) is 0. The molecule has 0 aromatic heterocycles. The Kier molecular flexibility index (Phi) is 7.95. The first kappa shape index (κ1) is 22.2. The van der Waals surface area contributed by atoms with Gasteiger partial charge < -0.3 is 20.1 Å². The van der Waals surface area contributed by atoms with E-state index < -0.39 is 0 Å². The van der Waals surface area contributed by atoms with Crippen molar-refractivity contribution in [2.45, 2.75) is 17.1 Å². The second kappa shape index (κ2) is 11.1. The molecule has 0 aliphatic heterocycles. The SMILES string of the molecule is COc1ccccc1NC(=O)C(C)Sc1cccc(NC(=O)COc2ccccc2)c1. The Bertz CT molecular complexity index is 1030. The van der Waals surface area contributed by atoms with E-state index in [0.717, 1.165) is 4.90 Å². The molecule has 0 heterocycles. The van der Waals surface area contributed by atoms with Crippen molar-refractivity contribution in [2.75, 3.05) is 24.4 Å². The van der Waals surface area contributed by atoms with Crippen LogP contribution >= 0.6 is 11.8 Å². The van der Waals surface area contributed by atoms with Gasteiger partial charge in [-0.1, -0.05) is 36.4 Å². The normalized spacial score (nSPS) is 11.3. The maximum atomic E-state index is 12.6. The summed E-state index contributed by atoms with van der Waals surface area (Å²) in [7, 11) is 1.56. The van der Waals surface area contributed by atoms with Crippen LogP contribution < -0.4 is 20.1 Å². The van der Waals surface area contributed by atoms with E-state index in [4.69, 9.17) is 9.47 Å². The lowest BCUT2D eigenvalue weighted by molar-refractivity contribution is -0.118. The van der Waals surface area contributed by atoms with Gasteiger partial charge in [0.2, 0.25) is 5.91 Å². The summed E-state index contributed by atoms with van der Waals surface area (Å²) in [5.41, 5.74) is 1.27. The lowest BCUT2D eigenvalue weighted by atomic mass is 10.3. The Balaban J connectivity index is 1.54. The molecule has 0 spiro atoms. The number of rotatable bonds is 9. The molecule has 0 fully saturated rings. The number of hydrogen-bond donors (Lipinski definition) is 2. The van der Waals surface area contributed by atoms with Gasteiger partial charge in [-0.05, 0) is 49.4 Å². The fourth-order valence-corrected chi connectivity index (χ4v) is 3.68. The van der Waals surface area contributed by atoms with E-state index >= 15 is 0 Å². The van der Waals surface area contributed by atoms with Gasteiger partial charge in [0, 0.05) is 10.6 Å². The fraction of sp³-hybridized carbons (Fsp3) is 0.167. The van der Waals surface area contributed by atoms with Crippen molar-refractivity contribution in [3.63, 3.8) is 0 Å². The van der Waals surface area contributed by atoms with Crippen molar-refractivity contribution in [2.24, 2.45) is 0 Å². The molecule has 0 radical (unpaired) electrons. The molecule has 160 valence electrons. The Morgan fingerprint density at radius 3 is 2.45 bits per heavy atom. The van der Waals surface area contributed by atoms with Gasteiger partial charge in [0.1, 0.15) is 11.5 Å². The number of carbonyl (C=O) groups excluding carboxylic acids is 2. The van der Waals surface area contributed by atoms with Crippen LogP contribution in [-0.4, -0.2) is 30.8 Å². The fourth-order valence-electron chi connectivity index (χ4n) is 2.75. The average molecular weight is 437 g/mol. The summed E-state index contributed by atoms with van der Waals surface area (Å²) in [4.78, 5) is 25.6. The number of nitrogens with one attached hydrogen (secondary N) is 2. The van der Waals surface area contributed by atoms with Gasteiger partial charge in [0.25, 0.3) is 5.91 Å². The third-order valence-corrected chi connectivity index (χ3v) is 5.37. The number of methoxy groups -OCH3 is 1. The third kappa shape index (κ3) is 6.79. The molecule has 6 nitrogen and oxygen atoms in total. The number of anilines is 2. The minimum absolute atomic E-state index is 0.0842. The van der Waals surface area contributed by atoms with Crippen LogP contribution in [0.4, 0.5) is 11.4 Å². The van der Waals surface area contributed by atoms with E-state index in [1.807, 2.05) is 55.5 Å². The first-order valence-electron chi connectivity index (χ1n) is 9.73. The van der Waals surface area contributed by atoms with Gasteiger partial charge in [-0.15, -0.1) is 11.8 Å². The molecule has 0 aliphatic rings. The lowest BCUT2D eigenvalue weighted by Crippen LogP contribution is -2.22. The second-order valence-corrected chi connectivity index (χ2v) is 8.04. The zero-order chi connectivity index (χ0) is 22.1. The number of para-hydroxylation sites is 3. The maximum absolute atomic E-state index is 12.6. The summed E-state index contributed by atoms with van der Waals surface area (Å²) in [5.74, 6) is 0.848. The van der Waals surface area contributed by atoms with Crippen molar-refractivity contribution in [3.05, 3.63) is 78.9 Å². The summed E-state index contributed by atoms with van der Waals surface area (Å²) in [5, 5.41) is 5.36. The summed E-state index contributed by atoms with van der Waals surface area (Å²) in [6.45, 7) is 1.74. The summed E-state index contributed by atoms with van der Waals surface area (Å²) >= 11 is 1.40. The molecular weight excluding hydrogens is 412 g/mol. The van der Waals surface area contributed by atoms with Gasteiger partial charge in [-0.25, -0.2) is 0 Å². The molecular formula is C24H24N2O4S. The highest BCUT2D eigenvalue weighted by Crippen LogP contribution is 2.28. The minimum atomic E-state index is -0.350. The van der Waals surface area contributed by atoms with E-state index in [1.54, 1.807) is 37.4 Å². The van der Waals surface area contributed by atoms with Crippen molar-refractivity contribution < 1.29 is 19.1 Å². The molecule has 31 heavy (non-hydrogen) atoms. The number of carbonyl (C=O) groups is 2. The highest BCUT2D eigenvalue weighted by Gasteiger charge is 2.16. The van der Waals surface area contributed by atoms with Crippen LogP contribution in [-0.2, 0) is 9.59 Å². The molecule has 0 saturated carbocycles. The van der Waals surface area contributed by atoms with E-state index in [2.05, 4.69) is 10.6 Å². The monoisotopic (exact) mass is 436 g/mol. The molecule has 0 saturated heterocycles. The molecule has 1 atom stereocenters. The van der Waals surface area contributed by atoms with Crippen LogP contribution in [0.5, 0.6) is 11.5 Å². The van der Waals surface area contributed by atoms with Crippen molar-refractivity contribution in [1.29, 1.82) is 0 Å². The summed E-state index contributed by atoms with van der Waals surface area (Å²) in [6, 6.07) is 23.8. The zero-order valence-electron chi connectivity index (χ0n) is 17.3. The van der Waals surface area contributed by atoms with Gasteiger partial charge in [0.15, 0.2) is 6.61 Å². The maximum Gasteiger partial charge on any atom is 0.262 e. The highest BCUT2D eigenvalue weighted by atomic mass is 32.2. The Hall–Kier alpha value is -3.45. The second-order valence-electron chi connectivity index (χ2n) is 6.63. The topological polar surface area (TPSA) is 76.7 Å². The van der Waals surface area contributed by atoms with Gasteiger partial charge in [-0.2, -0.15) is 0 Å². The van der Waals surface area contributed by atoms with Crippen LogP contribution in [0.25, 0.3) is 0 Å². The quantitative estimate of drug-likeness (QED) is 0.470. The lowest BCUT2D eigenvalue weighted by Gasteiger charge is -2.14. The molecule has 3 aromatic rings. The first-order chi connectivity index (χ1) is 15.0. The van der Waals surface area contributed by atoms with E-state index in [0.29, 0.717) is 22.9 Å². The molecule has 2 N–H and O–H groups in total. The van der Waals surface area contributed by atoms with Crippen LogP contribution in [0.15, 0.2) is 83.8 Å². The first-order valence-corrected chi connectivity index (χ1v) is 10.6. The molecule has 1 unspecified atom stereocenters. The zero-order valence-corrected chi connectivity index (χ0v) is 18.1. The van der Waals surface area contributed by atoms with Crippen molar-refractivity contribution >= 4 is 35.0 Å². The van der Waals surface area contributed by atoms with Crippen LogP contribution in [0.2, 0.25) is 0 Å². The van der Waals surface area contributed by atoms with Crippen LogP contribution in [0.3, 0.4) is 0 Å². The van der Waals surface area contributed by atoms with E-state index in [1.165, 1.54) is 11.8 Å². The van der Waals surface area contributed by atoms with E-state index in [-0.39, 0.29) is 23.7 Å². The molecule has 0 aliphatic carbocycles. The van der Waals surface area contributed by atoms with Crippen molar-refractivity contribution in [3.8, 4) is 11.5 Å². The molecule has 2 amide bonds. The van der Waals surface area contributed by atoms with Crippen molar-refractivity contribution in [1.82, 2.24) is 0 Å². The largest absolute Gasteiger partial charge is 0.495 e. The number of thioether (sulfide) groups is 1. The van der Waals surface area contributed by atoms with Gasteiger partial charge in [-0.3, -0.25) is 9.59 Å². The number of ether oxygens (including phenoxy) is 2. The molecule has 0 bridgehead atoms. The van der Waals surface area contributed by atoms with E-state index in [9.17, 15) is 9.59 Å². The Labute approximate surface area is 186 Å². The number of hydrogen-bond acceptors (Lipinski definition) is 5. The predicted octanol–water partition coefficient (Wildman–Crippen LogP) is 4.83. The smallest absolute Gasteiger partial charge is 0.262 e. The van der Waals surface area contributed by atoms with Gasteiger partial charge in [0.05, 0.1) is 18.0 Å². The number of amides is 2. The predicted molar refractivity (Wildman–Crippen MR) is 124 cm³/mol. The highest BCUT2D eigenvalue weighted by molar-refractivity contribution is 8.00. The van der Waals surface area contributed by atoms with Crippen LogP contribution in [0.1, 0.15) is 6.92 Å². The number of benzene rings is 3. The standard InChI is InChI=1S/C24H24N2O4S/c1-17(24(28)26-21-13-6-7-14-22(21)29-2)31-20-12-8-9-18(15-20)25-23(27)16-30-19-10-4-3-5-11-19/h3-15,17H,16H2,1-2H3,(H,25,27)(H,26,28). The van der Waals surface area contributed by atoms with Crippen LogP contribution in [0, 0.1) is 0 Å². The molecule has 7 heteroatoms. The molecule has 3 rings (SSSR count).